The highest BCUT2D eigenvalue weighted by Gasteiger charge is 2.38. The molecule has 2 aromatic carbocycles. The van der Waals surface area contributed by atoms with Crippen molar-refractivity contribution in [3.8, 4) is 0 Å². The van der Waals surface area contributed by atoms with Crippen LogP contribution in [0.5, 0.6) is 0 Å². The van der Waals surface area contributed by atoms with Gasteiger partial charge in [0, 0.05) is 6.54 Å². The highest BCUT2D eigenvalue weighted by Crippen LogP contribution is 2.42. The number of hydrogen-bond acceptors (Lipinski definition) is 2. The van der Waals surface area contributed by atoms with Crippen LogP contribution in [0.4, 0.5) is 4.39 Å². The van der Waals surface area contributed by atoms with Crippen molar-refractivity contribution in [2.75, 3.05) is 0 Å². The van der Waals surface area contributed by atoms with Crippen LogP contribution in [0.1, 0.15) is 49.9 Å². The SMILES string of the molecule is O=C(O)c1cc2c(cc1F)C(N1Cc3cccc(Cl)c3C1=O)CC2. The van der Waals surface area contributed by atoms with E-state index in [0.717, 1.165) is 11.1 Å². The highest BCUT2D eigenvalue weighted by molar-refractivity contribution is 6.34. The van der Waals surface area contributed by atoms with E-state index in [0.29, 0.717) is 35.5 Å². The molecule has 0 saturated heterocycles. The predicted molar refractivity (Wildman–Crippen MR) is 85.7 cm³/mol. The molecule has 0 bridgehead atoms. The molecule has 4 nitrogen and oxygen atoms in total. The molecule has 0 radical (unpaired) electrons. The van der Waals surface area contributed by atoms with Gasteiger partial charge in [-0.05, 0) is 47.7 Å². The lowest BCUT2D eigenvalue weighted by Crippen LogP contribution is -2.28. The standard InChI is InChI=1S/C18H13ClFNO3/c19-13-3-1-2-10-8-21(17(22)16(10)13)15-5-4-9-6-12(18(23)24)14(20)7-11(9)15/h1-3,6-7,15H,4-5,8H2,(H,23,24). The molecule has 4 rings (SSSR count). The quantitative estimate of drug-likeness (QED) is 0.900. The summed E-state index contributed by atoms with van der Waals surface area (Å²) < 4.78 is 14.1. The third kappa shape index (κ3) is 2.12. The second kappa shape index (κ2) is 5.31. The number of amides is 1. The van der Waals surface area contributed by atoms with E-state index < -0.39 is 11.8 Å². The number of benzene rings is 2. The van der Waals surface area contributed by atoms with Crippen LogP contribution >= 0.6 is 11.6 Å². The van der Waals surface area contributed by atoms with Crippen LogP contribution in [0.2, 0.25) is 5.02 Å². The molecular weight excluding hydrogens is 333 g/mol. The number of nitrogens with zero attached hydrogens (tertiary/aromatic N) is 1. The Hall–Kier alpha value is -2.40. The number of halogens is 2. The van der Waals surface area contributed by atoms with Crippen LogP contribution in [-0.2, 0) is 13.0 Å². The van der Waals surface area contributed by atoms with Gasteiger partial charge in [-0.2, -0.15) is 0 Å². The number of aromatic carboxylic acids is 1. The maximum Gasteiger partial charge on any atom is 0.338 e. The Bertz CT molecular complexity index is 896. The Morgan fingerprint density at radius 3 is 2.79 bits per heavy atom. The molecule has 24 heavy (non-hydrogen) atoms. The summed E-state index contributed by atoms with van der Waals surface area (Å²) in [5.41, 5.74) is 2.52. The lowest BCUT2D eigenvalue weighted by atomic mass is 10.0. The molecule has 0 aromatic heterocycles. The molecule has 1 N–H and O–H groups in total. The Labute approximate surface area is 142 Å². The fourth-order valence-corrected chi connectivity index (χ4v) is 3.96. The van der Waals surface area contributed by atoms with Crippen molar-refractivity contribution in [3.05, 3.63) is 69.0 Å². The number of fused-ring (bicyclic) bond motifs is 2. The van der Waals surface area contributed by atoms with E-state index >= 15 is 0 Å². The number of carbonyl (C=O) groups is 2. The average Bonchev–Trinajstić information content (AvgIpc) is 3.08. The van der Waals surface area contributed by atoms with E-state index in [-0.39, 0.29) is 17.5 Å². The summed E-state index contributed by atoms with van der Waals surface area (Å²) in [5.74, 6) is -2.21. The van der Waals surface area contributed by atoms with Crippen molar-refractivity contribution in [1.82, 2.24) is 4.90 Å². The fraction of sp³-hybridized carbons (Fsp3) is 0.222. The van der Waals surface area contributed by atoms with Crippen molar-refractivity contribution in [2.45, 2.75) is 25.4 Å². The average molecular weight is 346 g/mol. The molecule has 0 spiro atoms. The normalized spacial score (nSPS) is 18.7. The predicted octanol–water partition coefficient (Wildman–Crippen LogP) is 3.82. The van der Waals surface area contributed by atoms with E-state index in [1.807, 2.05) is 6.07 Å². The monoisotopic (exact) mass is 345 g/mol. The number of aryl methyl sites for hydroxylation is 1. The van der Waals surface area contributed by atoms with E-state index in [1.54, 1.807) is 17.0 Å². The van der Waals surface area contributed by atoms with E-state index in [4.69, 9.17) is 16.7 Å². The maximum absolute atomic E-state index is 14.1. The van der Waals surface area contributed by atoms with Gasteiger partial charge in [0.1, 0.15) is 5.82 Å². The fourth-order valence-electron chi connectivity index (χ4n) is 3.69. The van der Waals surface area contributed by atoms with Crippen molar-refractivity contribution in [3.63, 3.8) is 0 Å². The Balaban J connectivity index is 1.73. The minimum atomic E-state index is -1.28. The third-order valence-electron chi connectivity index (χ3n) is 4.80. The van der Waals surface area contributed by atoms with Gasteiger partial charge in [0.15, 0.2) is 0 Å². The van der Waals surface area contributed by atoms with Crippen molar-refractivity contribution < 1.29 is 19.1 Å². The van der Waals surface area contributed by atoms with Gasteiger partial charge < -0.3 is 10.0 Å². The minimum absolute atomic E-state index is 0.156. The van der Waals surface area contributed by atoms with Gasteiger partial charge in [-0.1, -0.05) is 23.7 Å². The molecule has 1 amide bonds. The number of rotatable bonds is 2. The smallest absolute Gasteiger partial charge is 0.338 e. The van der Waals surface area contributed by atoms with Crippen LogP contribution in [-0.4, -0.2) is 21.9 Å². The van der Waals surface area contributed by atoms with E-state index in [9.17, 15) is 14.0 Å². The third-order valence-corrected chi connectivity index (χ3v) is 5.11. The van der Waals surface area contributed by atoms with E-state index in [2.05, 4.69) is 0 Å². The zero-order valence-corrected chi connectivity index (χ0v) is 13.3. The minimum Gasteiger partial charge on any atom is -0.478 e. The molecule has 1 aliphatic carbocycles. The van der Waals surface area contributed by atoms with Crippen LogP contribution in [0.3, 0.4) is 0 Å². The topological polar surface area (TPSA) is 57.6 Å². The molecule has 1 unspecified atom stereocenters. The van der Waals surface area contributed by atoms with Gasteiger partial charge in [0.25, 0.3) is 5.91 Å². The first kappa shape index (κ1) is 15.1. The second-order valence-electron chi connectivity index (χ2n) is 6.10. The molecule has 1 aliphatic heterocycles. The van der Waals surface area contributed by atoms with E-state index in [1.165, 1.54) is 12.1 Å². The van der Waals surface area contributed by atoms with Gasteiger partial charge in [0.2, 0.25) is 0 Å². The van der Waals surface area contributed by atoms with Crippen molar-refractivity contribution in [2.24, 2.45) is 0 Å². The molecule has 1 atom stereocenters. The van der Waals surface area contributed by atoms with Crippen LogP contribution in [0.25, 0.3) is 0 Å². The molecule has 1 heterocycles. The summed E-state index contributed by atoms with van der Waals surface area (Å²) in [7, 11) is 0. The molecule has 6 heteroatoms. The highest BCUT2D eigenvalue weighted by atomic mass is 35.5. The first-order valence-corrected chi connectivity index (χ1v) is 7.99. The number of hydrogen-bond donors (Lipinski definition) is 1. The molecular formula is C18H13ClFNO3. The van der Waals surface area contributed by atoms with Gasteiger partial charge >= 0.3 is 5.97 Å². The molecule has 0 fully saturated rings. The van der Waals surface area contributed by atoms with Crippen LogP contribution in [0.15, 0.2) is 30.3 Å². The zero-order valence-electron chi connectivity index (χ0n) is 12.6. The zero-order chi connectivity index (χ0) is 17.0. The Morgan fingerprint density at radius 1 is 1.29 bits per heavy atom. The second-order valence-corrected chi connectivity index (χ2v) is 6.50. The first-order valence-electron chi connectivity index (χ1n) is 7.61. The molecule has 2 aliphatic rings. The van der Waals surface area contributed by atoms with Crippen LogP contribution < -0.4 is 0 Å². The Morgan fingerprint density at radius 2 is 2.08 bits per heavy atom. The Kier molecular flexibility index (Phi) is 3.35. The summed E-state index contributed by atoms with van der Waals surface area (Å²) in [4.78, 5) is 25.5. The summed E-state index contributed by atoms with van der Waals surface area (Å²) in [5, 5.41) is 9.47. The van der Waals surface area contributed by atoms with Crippen LogP contribution in [0, 0.1) is 5.82 Å². The largest absolute Gasteiger partial charge is 0.478 e. The van der Waals surface area contributed by atoms with Gasteiger partial charge in [-0.25, -0.2) is 9.18 Å². The summed E-state index contributed by atoms with van der Waals surface area (Å²) in [6.07, 6.45) is 1.27. The molecule has 122 valence electrons. The summed E-state index contributed by atoms with van der Waals surface area (Å²) >= 11 is 6.14. The van der Waals surface area contributed by atoms with Gasteiger partial charge in [-0.3, -0.25) is 4.79 Å². The summed E-state index contributed by atoms with van der Waals surface area (Å²) in [6, 6.07) is 7.74. The van der Waals surface area contributed by atoms with Gasteiger partial charge in [-0.15, -0.1) is 0 Å². The van der Waals surface area contributed by atoms with Crippen molar-refractivity contribution in [1.29, 1.82) is 0 Å². The number of carboxylic acids is 1. The lowest BCUT2D eigenvalue weighted by molar-refractivity contribution is 0.0683. The summed E-state index contributed by atoms with van der Waals surface area (Å²) in [6.45, 7) is 0.432. The molecule has 0 saturated carbocycles. The maximum atomic E-state index is 14.1. The number of carboxylic acid groups (broad SMARTS) is 1. The lowest BCUT2D eigenvalue weighted by Gasteiger charge is -2.25. The van der Waals surface area contributed by atoms with Crippen molar-refractivity contribution >= 4 is 23.5 Å². The van der Waals surface area contributed by atoms with Gasteiger partial charge in [0.05, 0.1) is 22.2 Å². The number of carbonyl (C=O) groups excluding carboxylic acids is 1. The molecule has 2 aromatic rings. The first-order chi connectivity index (χ1) is 11.5.